The Hall–Kier alpha value is -0.130. The highest BCUT2D eigenvalue weighted by Crippen LogP contribution is 2.36. The molecule has 3 nitrogen and oxygen atoms in total. The van der Waals surface area contributed by atoms with Crippen LogP contribution in [-0.4, -0.2) is 14.9 Å². The summed E-state index contributed by atoms with van der Waals surface area (Å²) in [6.07, 6.45) is 0.366. The second kappa shape index (κ2) is 2.97. The average Bonchev–Trinajstić information content (AvgIpc) is 2.15. The van der Waals surface area contributed by atoms with E-state index in [4.69, 9.17) is 0 Å². The maximum Gasteiger partial charge on any atom is 0.242 e. The van der Waals surface area contributed by atoms with Gasteiger partial charge in [-0.05, 0) is 5.41 Å². The fourth-order valence-corrected chi connectivity index (χ4v) is 1.81. The molecule has 1 aliphatic rings. The van der Waals surface area contributed by atoms with Crippen LogP contribution in [0.15, 0.2) is 0 Å². The Morgan fingerprint density at radius 3 is 2.08 bits per heavy atom. The third-order valence-electron chi connectivity index (χ3n) is 2.13. The largest absolute Gasteiger partial charge is 0.274 e. The van der Waals surface area contributed by atoms with Crippen LogP contribution in [0.5, 0.6) is 0 Å². The van der Waals surface area contributed by atoms with Crippen LogP contribution >= 0.6 is 22.9 Å². The van der Waals surface area contributed by atoms with E-state index < -0.39 is 0 Å². The molecule has 0 N–H and O–H groups in total. The molecule has 1 heterocycles. The first-order valence-electron chi connectivity index (χ1n) is 3.86. The number of hydrogen-bond donors (Lipinski definition) is 0. The van der Waals surface area contributed by atoms with Crippen molar-refractivity contribution < 1.29 is 9.59 Å². The zero-order valence-corrected chi connectivity index (χ0v) is 9.58. The number of halogens is 1. The number of nitrogens with zero attached hydrogens (tertiary/aromatic N) is 1. The number of amides is 2. The molecule has 1 saturated heterocycles. The molecule has 12 heavy (non-hydrogen) atoms. The molecule has 0 radical (unpaired) electrons. The summed E-state index contributed by atoms with van der Waals surface area (Å²) in [5.74, 6) is -0.254. The second-order valence-electron chi connectivity index (χ2n) is 4.14. The number of rotatable bonds is 0. The van der Waals surface area contributed by atoms with Crippen LogP contribution in [0.3, 0.4) is 0 Å². The molecule has 4 heteroatoms. The van der Waals surface area contributed by atoms with Crippen molar-refractivity contribution in [3.8, 4) is 0 Å². The molecule has 68 valence electrons. The third-order valence-corrected chi connectivity index (χ3v) is 3.15. The van der Waals surface area contributed by atoms with Gasteiger partial charge in [0.15, 0.2) is 0 Å². The molecule has 0 aromatic carbocycles. The zero-order valence-electron chi connectivity index (χ0n) is 7.43. The van der Waals surface area contributed by atoms with Gasteiger partial charge in [-0.3, -0.25) is 9.59 Å². The molecule has 2 amide bonds. The fraction of sp³-hybridized carbons (Fsp3) is 0.750. The second-order valence-corrected chi connectivity index (χ2v) is 5.10. The number of imide groups is 1. The predicted octanol–water partition coefficient (Wildman–Crippen LogP) is 1.76. The molecular formula is C8H12INO2. The summed E-state index contributed by atoms with van der Waals surface area (Å²) < 4.78 is 1.20. The molecule has 1 atom stereocenters. The van der Waals surface area contributed by atoms with Gasteiger partial charge in [0.05, 0.1) is 28.8 Å². The summed E-state index contributed by atoms with van der Waals surface area (Å²) in [6, 6.07) is 0. The van der Waals surface area contributed by atoms with Crippen molar-refractivity contribution in [2.24, 2.45) is 11.3 Å². The maximum atomic E-state index is 11.5. The van der Waals surface area contributed by atoms with E-state index in [0.29, 0.717) is 6.42 Å². The summed E-state index contributed by atoms with van der Waals surface area (Å²) in [6.45, 7) is 5.95. The van der Waals surface area contributed by atoms with E-state index in [1.165, 1.54) is 3.11 Å². The Balaban J connectivity index is 2.86. The highest BCUT2D eigenvalue weighted by atomic mass is 127. The summed E-state index contributed by atoms with van der Waals surface area (Å²) in [4.78, 5) is 22.6. The Morgan fingerprint density at radius 1 is 1.42 bits per heavy atom. The lowest BCUT2D eigenvalue weighted by atomic mass is 9.80. The van der Waals surface area contributed by atoms with Gasteiger partial charge in [-0.2, -0.15) is 0 Å². The van der Waals surface area contributed by atoms with Crippen LogP contribution in [0, 0.1) is 11.3 Å². The van der Waals surface area contributed by atoms with E-state index in [2.05, 4.69) is 0 Å². The Bertz CT molecular complexity index is 232. The minimum absolute atomic E-state index is 0.0481. The van der Waals surface area contributed by atoms with Crippen LogP contribution in [0.25, 0.3) is 0 Å². The van der Waals surface area contributed by atoms with Crippen molar-refractivity contribution in [2.45, 2.75) is 27.2 Å². The summed E-state index contributed by atoms with van der Waals surface area (Å²) in [7, 11) is 0. The van der Waals surface area contributed by atoms with Gasteiger partial charge in [-0.25, -0.2) is 3.11 Å². The van der Waals surface area contributed by atoms with E-state index in [1.54, 1.807) is 22.9 Å². The summed E-state index contributed by atoms with van der Waals surface area (Å²) in [5.41, 5.74) is -0.104. The van der Waals surface area contributed by atoms with Crippen LogP contribution in [0.2, 0.25) is 0 Å². The summed E-state index contributed by atoms with van der Waals surface area (Å²) in [5, 5.41) is 0. The first-order chi connectivity index (χ1) is 5.34. The highest BCUT2D eigenvalue weighted by molar-refractivity contribution is 14.1. The summed E-state index contributed by atoms with van der Waals surface area (Å²) >= 11 is 1.77. The molecule has 1 fully saturated rings. The Kier molecular flexibility index (Phi) is 2.47. The van der Waals surface area contributed by atoms with E-state index in [-0.39, 0.29) is 23.1 Å². The zero-order chi connectivity index (χ0) is 9.52. The number of carbonyl (C=O) groups excluding carboxylic acids is 2. The predicted molar refractivity (Wildman–Crippen MR) is 53.4 cm³/mol. The van der Waals surface area contributed by atoms with Gasteiger partial charge in [-0.1, -0.05) is 20.8 Å². The van der Waals surface area contributed by atoms with E-state index >= 15 is 0 Å². The lowest BCUT2D eigenvalue weighted by Crippen LogP contribution is -2.27. The first-order valence-corrected chi connectivity index (χ1v) is 4.83. The van der Waals surface area contributed by atoms with Crippen molar-refractivity contribution in [1.29, 1.82) is 0 Å². The van der Waals surface area contributed by atoms with Gasteiger partial charge in [0.25, 0.3) is 0 Å². The van der Waals surface area contributed by atoms with Crippen molar-refractivity contribution in [3.05, 3.63) is 0 Å². The Labute approximate surface area is 86.0 Å². The van der Waals surface area contributed by atoms with Gasteiger partial charge in [0, 0.05) is 6.42 Å². The van der Waals surface area contributed by atoms with Crippen molar-refractivity contribution in [1.82, 2.24) is 3.11 Å². The monoisotopic (exact) mass is 281 g/mol. The van der Waals surface area contributed by atoms with Gasteiger partial charge in [-0.15, -0.1) is 0 Å². The van der Waals surface area contributed by atoms with Crippen LogP contribution in [-0.2, 0) is 9.59 Å². The molecule has 0 saturated carbocycles. The van der Waals surface area contributed by atoms with E-state index in [0.717, 1.165) is 0 Å². The minimum Gasteiger partial charge on any atom is -0.274 e. The highest BCUT2D eigenvalue weighted by Gasteiger charge is 2.43. The molecule has 1 rings (SSSR count). The Morgan fingerprint density at radius 2 is 1.92 bits per heavy atom. The van der Waals surface area contributed by atoms with E-state index in [9.17, 15) is 9.59 Å². The number of carbonyl (C=O) groups is 2. The van der Waals surface area contributed by atoms with Gasteiger partial charge >= 0.3 is 0 Å². The molecule has 1 unspecified atom stereocenters. The molecule has 1 aliphatic heterocycles. The van der Waals surface area contributed by atoms with Gasteiger partial charge in [0.1, 0.15) is 0 Å². The molecule has 0 aromatic rings. The topological polar surface area (TPSA) is 37.4 Å². The molecule has 0 spiro atoms. The van der Waals surface area contributed by atoms with Gasteiger partial charge in [0.2, 0.25) is 11.8 Å². The van der Waals surface area contributed by atoms with Crippen molar-refractivity contribution in [3.63, 3.8) is 0 Å². The minimum atomic E-state index is -0.137. The SMILES string of the molecule is CC(C)(C)C1CC(=O)N(I)C1=O. The van der Waals surface area contributed by atoms with Gasteiger partial charge < -0.3 is 0 Å². The lowest BCUT2D eigenvalue weighted by molar-refractivity contribution is -0.132. The van der Waals surface area contributed by atoms with Crippen LogP contribution in [0.1, 0.15) is 27.2 Å². The molecular weight excluding hydrogens is 269 g/mol. The molecule has 0 aromatic heterocycles. The smallest absolute Gasteiger partial charge is 0.242 e. The molecule has 0 bridgehead atoms. The fourth-order valence-electron chi connectivity index (χ4n) is 1.28. The average molecular weight is 281 g/mol. The standard InChI is InChI=1S/C8H12INO2/c1-8(2,3)5-4-6(11)10(9)7(5)12/h5H,4H2,1-3H3. The van der Waals surface area contributed by atoms with Crippen LogP contribution in [0.4, 0.5) is 0 Å². The van der Waals surface area contributed by atoms with Crippen molar-refractivity contribution >= 4 is 34.7 Å². The van der Waals surface area contributed by atoms with Crippen LogP contribution < -0.4 is 0 Å². The lowest BCUT2D eigenvalue weighted by Gasteiger charge is -2.23. The maximum absolute atomic E-state index is 11.5. The van der Waals surface area contributed by atoms with Crippen molar-refractivity contribution in [2.75, 3.05) is 0 Å². The third kappa shape index (κ3) is 1.62. The van der Waals surface area contributed by atoms with E-state index in [1.807, 2.05) is 20.8 Å². The quantitative estimate of drug-likeness (QED) is 0.385. The first kappa shape index (κ1) is 9.95. The normalized spacial score (nSPS) is 25.3. The number of hydrogen-bond acceptors (Lipinski definition) is 2. The molecule has 0 aliphatic carbocycles.